The quantitative estimate of drug-likeness (QED) is 0.794. The summed E-state index contributed by atoms with van der Waals surface area (Å²) in [6.07, 6.45) is 4.45. The number of hydrogen-bond donors (Lipinski definition) is 2. The molecule has 0 radical (unpaired) electrons. The topological polar surface area (TPSA) is 72.9 Å². The molecule has 6 heteroatoms. The maximum Gasteiger partial charge on any atom is 0.236 e. The molecule has 1 unspecified atom stereocenters. The molecule has 84 valence electrons. The SMILES string of the molecule is CCCNC(Cn1cc(Br)cn1)C(N)=O. The first-order valence-corrected chi connectivity index (χ1v) is 5.63. The first-order valence-electron chi connectivity index (χ1n) is 4.84. The molecule has 0 saturated carbocycles. The molecular formula is C9H15BrN4O. The van der Waals surface area contributed by atoms with Gasteiger partial charge in [-0.2, -0.15) is 5.10 Å². The lowest BCUT2D eigenvalue weighted by Crippen LogP contribution is -2.44. The number of nitrogens with zero attached hydrogens (tertiary/aromatic N) is 2. The van der Waals surface area contributed by atoms with Crippen molar-refractivity contribution < 1.29 is 4.79 Å². The summed E-state index contributed by atoms with van der Waals surface area (Å²) < 4.78 is 2.57. The molecule has 0 aliphatic rings. The molecule has 0 aliphatic carbocycles. The Bertz CT molecular complexity index is 326. The fourth-order valence-corrected chi connectivity index (χ4v) is 1.53. The van der Waals surface area contributed by atoms with Gasteiger partial charge in [-0.05, 0) is 28.9 Å². The molecule has 15 heavy (non-hydrogen) atoms. The molecule has 5 nitrogen and oxygen atoms in total. The van der Waals surface area contributed by atoms with E-state index < -0.39 is 0 Å². The van der Waals surface area contributed by atoms with E-state index in [1.165, 1.54) is 0 Å². The smallest absolute Gasteiger partial charge is 0.236 e. The third kappa shape index (κ3) is 4.01. The molecule has 1 aromatic heterocycles. The summed E-state index contributed by atoms with van der Waals surface area (Å²) in [6, 6.07) is -0.364. The Labute approximate surface area is 97.1 Å². The Balaban J connectivity index is 2.54. The van der Waals surface area contributed by atoms with Gasteiger partial charge < -0.3 is 11.1 Å². The average Bonchev–Trinajstić information content (AvgIpc) is 2.58. The maximum atomic E-state index is 11.1. The number of hydrogen-bond acceptors (Lipinski definition) is 3. The summed E-state index contributed by atoms with van der Waals surface area (Å²) in [4.78, 5) is 11.1. The summed E-state index contributed by atoms with van der Waals surface area (Å²) >= 11 is 3.29. The van der Waals surface area contributed by atoms with Crippen LogP contribution in [0, 0.1) is 0 Å². The van der Waals surface area contributed by atoms with Crippen molar-refractivity contribution in [3.63, 3.8) is 0 Å². The summed E-state index contributed by atoms with van der Waals surface area (Å²) in [5.41, 5.74) is 5.28. The van der Waals surface area contributed by atoms with Gasteiger partial charge in [-0.3, -0.25) is 9.48 Å². The molecule has 3 N–H and O–H groups in total. The van der Waals surface area contributed by atoms with Crippen molar-refractivity contribution in [2.24, 2.45) is 5.73 Å². The van der Waals surface area contributed by atoms with Gasteiger partial charge >= 0.3 is 0 Å². The lowest BCUT2D eigenvalue weighted by molar-refractivity contribution is -0.120. The van der Waals surface area contributed by atoms with Crippen LogP contribution in [0.2, 0.25) is 0 Å². The second-order valence-corrected chi connectivity index (χ2v) is 4.21. The van der Waals surface area contributed by atoms with Gasteiger partial charge in [0, 0.05) is 6.20 Å². The van der Waals surface area contributed by atoms with E-state index in [1.807, 2.05) is 13.1 Å². The Hall–Kier alpha value is -0.880. The number of nitrogens with two attached hydrogens (primary N) is 1. The molecule has 1 aromatic rings. The summed E-state index contributed by atoms with van der Waals surface area (Å²) in [5.74, 6) is -0.352. The predicted molar refractivity (Wildman–Crippen MR) is 61.2 cm³/mol. The number of aromatic nitrogens is 2. The molecule has 0 saturated heterocycles. The lowest BCUT2D eigenvalue weighted by Gasteiger charge is -2.14. The molecule has 0 bridgehead atoms. The fraction of sp³-hybridized carbons (Fsp3) is 0.556. The summed E-state index contributed by atoms with van der Waals surface area (Å²) in [5, 5.41) is 7.14. The van der Waals surface area contributed by atoms with Crippen LogP contribution in [0.4, 0.5) is 0 Å². The monoisotopic (exact) mass is 274 g/mol. The van der Waals surface area contributed by atoms with Crippen LogP contribution >= 0.6 is 15.9 Å². The van der Waals surface area contributed by atoms with Crippen LogP contribution in [0.5, 0.6) is 0 Å². The molecule has 0 aliphatic heterocycles. The van der Waals surface area contributed by atoms with Crippen LogP contribution in [-0.2, 0) is 11.3 Å². The normalized spacial score (nSPS) is 12.7. The minimum Gasteiger partial charge on any atom is -0.368 e. The van der Waals surface area contributed by atoms with Crippen LogP contribution in [0.25, 0.3) is 0 Å². The number of nitrogens with one attached hydrogen (secondary N) is 1. The minimum absolute atomic E-state index is 0.352. The van der Waals surface area contributed by atoms with Crippen molar-refractivity contribution in [1.82, 2.24) is 15.1 Å². The molecule has 1 amide bonds. The van der Waals surface area contributed by atoms with E-state index in [9.17, 15) is 4.79 Å². The number of amides is 1. The van der Waals surface area contributed by atoms with Crippen LogP contribution < -0.4 is 11.1 Å². The van der Waals surface area contributed by atoms with E-state index in [2.05, 4.69) is 26.3 Å². The number of carbonyl (C=O) groups excluding carboxylic acids is 1. The van der Waals surface area contributed by atoms with Crippen molar-refractivity contribution in [3.05, 3.63) is 16.9 Å². The Morgan fingerprint density at radius 2 is 2.53 bits per heavy atom. The molecule has 1 heterocycles. The lowest BCUT2D eigenvalue weighted by atomic mass is 10.2. The Morgan fingerprint density at radius 1 is 1.80 bits per heavy atom. The van der Waals surface area contributed by atoms with Gasteiger partial charge in [0.25, 0.3) is 0 Å². The van der Waals surface area contributed by atoms with E-state index >= 15 is 0 Å². The zero-order valence-electron chi connectivity index (χ0n) is 8.61. The second-order valence-electron chi connectivity index (χ2n) is 3.29. The number of primary amides is 1. The average molecular weight is 275 g/mol. The van der Waals surface area contributed by atoms with E-state index in [4.69, 9.17) is 5.73 Å². The molecule has 0 aromatic carbocycles. The molecule has 0 fully saturated rings. The van der Waals surface area contributed by atoms with Gasteiger partial charge in [0.1, 0.15) is 6.04 Å². The van der Waals surface area contributed by atoms with Crippen LogP contribution in [-0.4, -0.2) is 28.3 Å². The number of halogens is 1. The fourth-order valence-electron chi connectivity index (χ4n) is 1.20. The number of carbonyl (C=O) groups is 1. The van der Waals surface area contributed by atoms with Crippen molar-refractivity contribution >= 4 is 21.8 Å². The third-order valence-electron chi connectivity index (χ3n) is 1.96. The zero-order chi connectivity index (χ0) is 11.3. The van der Waals surface area contributed by atoms with Crippen molar-refractivity contribution in [2.45, 2.75) is 25.9 Å². The van der Waals surface area contributed by atoms with Gasteiger partial charge in [0.15, 0.2) is 0 Å². The van der Waals surface area contributed by atoms with Crippen LogP contribution in [0.15, 0.2) is 16.9 Å². The highest BCUT2D eigenvalue weighted by molar-refractivity contribution is 9.10. The maximum absolute atomic E-state index is 11.1. The highest BCUT2D eigenvalue weighted by Gasteiger charge is 2.14. The molecule has 0 spiro atoms. The van der Waals surface area contributed by atoms with Crippen molar-refractivity contribution in [1.29, 1.82) is 0 Å². The minimum atomic E-state index is -0.364. The van der Waals surface area contributed by atoms with Gasteiger partial charge in [0.05, 0.1) is 17.2 Å². The van der Waals surface area contributed by atoms with Gasteiger partial charge in [-0.15, -0.1) is 0 Å². The Morgan fingerprint density at radius 3 is 3.00 bits per heavy atom. The Kier molecular flexibility index (Phi) is 4.77. The molecular weight excluding hydrogens is 260 g/mol. The number of rotatable bonds is 6. The van der Waals surface area contributed by atoms with Crippen LogP contribution in [0.3, 0.4) is 0 Å². The zero-order valence-corrected chi connectivity index (χ0v) is 10.2. The molecule has 1 atom stereocenters. The van der Waals surface area contributed by atoms with E-state index in [0.29, 0.717) is 6.54 Å². The first-order chi connectivity index (χ1) is 7.13. The largest absolute Gasteiger partial charge is 0.368 e. The van der Waals surface area contributed by atoms with Crippen molar-refractivity contribution in [3.8, 4) is 0 Å². The summed E-state index contributed by atoms with van der Waals surface area (Å²) in [6.45, 7) is 3.27. The first kappa shape index (κ1) is 12.2. The predicted octanol–water partition coefficient (Wildman–Crippen LogP) is 0.499. The van der Waals surface area contributed by atoms with Gasteiger partial charge in [-0.1, -0.05) is 6.92 Å². The van der Waals surface area contributed by atoms with Gasteiger partial charge in [-0.25, -0.2) is 0 Å². The van der Waals surface area contributed by atoms with E-state index in [1.54, 1.807) is 10.9 Å². The summed E-state index contributed by atoms with van der Waals surface area (Å²) in [7, 11) is 0. The van der Waals surface area contributed by atoms with Crippen molar-refractivity contribution in [2.75, 3.05) is 6.54 Å². The third-order valence-corrected chi connectivity index (χ3v) is 2.37. The van der Waals surface area contributed by atoms with Crippen LogP contribution in [0.1, 0.15) is 13.3 Å². The highest BCUT2D eigenvalue weighted by atomic mass is 79.9. The van der Waals surface area contributed by atoms with E-state index in [0.717, 1.165) is 17.4 Å². The van der Waals surface area contributed by atoms with Gasteiger partial charge in [0.2, 0.25) is 5.91 Å². The highest BCUT2D eigenvalue weighted by Crippen LogP contribution is 2.06. The van der Waals surface area contributed by atoms with E-state index in [-0.39, 0.29) is 11.9 Å². The standard InChI is InChI=1S/C9H15BrN4O/c1-2-3-12-8(9(11)15)6-14-5-7(10)4-13-14/h4-5,8,12H,2-3,6H2,1H3,(H2,11,15). The second kappa shape index (κ2) is 5.87. The molecule has 1 rings (SSSR count).